The van der Waals surface area contributed by atoms with E-state index in [4.69, 9.17) is 0 Å². The second-order valence-electron chi connectivity index (χ2n) is 3.12. The van der Waals surface area contributed by atoms with Gasteiger partial charge in [-0.25, -0.2) is 4.39 Å². The molecule has 76 valence electrons. The van der Waals surface area contributed by atoms with Crippen LogP contribution >= 0.6 is 0 Å². The number of fused-ring (bicyclic) bond motifs is 1. The van der Waals surface area contributed by atoms with Crippen LogP contribution in [0, 0.1) is 5.82 Å². The van der Waals surface area contributed by atoms with Gasteiger partial charge in [-0.15, -0.1) is 0 Å². The number of nitrogens with zero attached hydrogens (tertiary/aromatic N) is 1. The van der Waals surface area contributed by atoms with E-state index in [0.29, 0.717) is 22.6 Å². The molecule has 0 amide bonds. The molecule has 0 unspecified atom stereocenters. The Morgan fingerprint density at radius 3 is 2.93 bits per heavy atom. The van der Waals surface area contributed by atoms with Gasteiger partial charge in [-0.3, -0.25) is 9.79 Å². The molecule has 1 heterocycles. The quantitative estimate of drug-likeness (QED) is 0.705. The van der Waals surface area contributed by atoms with Gasteiger partial charge in [-0.05, 0) is 18.2 Å². The van der Waals surface area contributed by atoms with Gasteiger partial charge in [0.25, 0.3) is 0 Å². The SMILES string of the molecule is C/N=c1/c(C=O)c[nH]c2ccc(F)cc12. The Kier molecular flexibility index (Phi) is 2.33. The molecule has 0 fully saturated rings. The molecular weight excluding hydrogens is 195 g/mol. The minimum atomic E-state index is -0.344. The Balaban J connectivity index is 2.98. The van der Waals surface area contributed by atoms with Gasteiger partial charge in [0.1, 0.15) is 5.82 Å². The first-order valence-electron chi connectivity index (χ1n) is 4.45. The minimum absolute atomic E-state index is 0.344. The predicted molar refractivity (Wildman–Crippen MR) is 55.1 cm³/mol. The summed E-state index contributed by atoms with van der Waals surface area (Å²) in [5.41, 5.74) is 1.18. The number of aromatic amines is 1. The molecule has 0 aliphatic carbocycles. The van der Waals surface area contributed by atoms with E-state index in [9.17, 15) is 9.18 Å². The van der Waals surface area contributed by atoms with E-state index >= 15 is 0 Å². The van der Waals surface area contributed by atoms with Crippen LogP contribution in [0.3, 0.4) is 0 Å². The molecule has 1 N–H and O–H groups in total. The molecule has 0 aliphatic heterocycles. The Labute approximate surface area is 85.3 Å². The molecule has 0 saturated heterocycles. The van der Waals surface area contributed by atoms with Crippen molar-refractivity contribution in [3.05, 3.63) is 41.1 Å². The average Bonchev–Trinajstić information content (AvgIpc) is 2.27. The van der Waals surface area contributed by atoms with Crippen LogP contribution in [-0.2, 0) is 0 Å². The lowest BCUT2D eigenvalue weighted by atomic mass is 10.1. The van der Waals surface area contributed by atoms with E-state index < -0.39 is 0 Å². The number of halogens is 1. The fourth-order valence-corrected chi connectivity index (χ4v) is 1.56. The van der Waals surface area contributed by atoms with Gasteiger partial charge in [-0.2, -0.15) is 0 Å². The van der Waals surface area contributed by atoms with E-state index in [1.807, 2.05) is 0 Å². The first kappa shape index (κ1) is 9.58. The first-order valence-corrected chi connectivity index (χ1v) is 4.45. The van der Waals surface area contributed by atoms with Gasteiger partial charge >= 0.3 is 0 Å². The second kappa shape index (κ2) is 3.65. The topological polar surface area (TPSA) is 45.2 Å². The highest BCUT2D eigenvalue weighted by molar-refractivity contribution is 5.85. The van der Waals surface area contributed by atoms with Crippen LogP contribution in [0.5, 0.6) is 0 Å². The van der Waals surface area contributed by atoms with Gasteiger partial charge in [0.2, 0.25) is 0 Å². The van der Waals surface area contributed by atoms with E-state index in [0.717, 1.165) is 5.52 Å². The van der Waals surface area contributed by atoms with Crippen LogP contribution in [0.4, 0.5) is 4.39 Å². The molecule has 0 radical (unpaired) electrons. The summed E-state index contributed by atoms with van der Waals surface area (Å²) >= 11 is 0. The summed E-state index contributed by atoms with van der Waals surface area (Å²) in [6.07, 6.45) is 2.26. The van der Waals surface area contributed by atoms with Gasteiger partial charge in [0, 0.05) is 24.1 Å². The van der Waals surface area contributed by atoms with Crippen molar-refractivity contribution in [2.45, 2.75) is 0 Å². The highest BCUT2D eigenvalue weighted by Gasteiger charge is 2.02. The number of rotatable bonds is 1. The summed E-state index contributed by atoms with van der Waals surface area (Å²) in [4.78, 5) is 17.6. The van der Waals surface area contributed by atoms with Gasteiger partial charge in [-0.1, -0.05) is 0 Å². The maximum atomic E-state index is 13.0. The molecule has 1 aromatic carbocycles. The van der Waals surface area contributed by atoms with Crippen LogP contribution in [0.2, 0.25) is 0 Å². The lowest BCUT2D eigenvalue weighted by Gasteiger charge is -2.01. The number of pyridine rings is 1. The lowest BCUT2D eigenvalue weighted by Crippen LogP contribution is -2.11. The van der Waals surface area contributed by atoms with Crippen molar-refractivity contribution in [2.75, 3.05) is 7.05 Å². The summed E-state index contributed by atoms with van der Waals surface area (Å²) in [5.74, 6) is -0.344. The van der Waals surface area contributed by atoms with Crippen molar-refractivity contribution < 1.29 is 9.18 Å². The summed E-state index contributed by atoms with van der Waals surface area (Å²) < 4.78 is 13.0. The minimum Gasteiger partial charge on any atom is -0.360 e. The Bertz CT molecular complexity index is 587. The van der Waals surface area contributed by atoms with Crippen molar-refractivity contribution in [2.24, 2.45) is 4.99 Å². The number of carbonyl (C=O) groups is 1. The zero-order valence-corrected chi connectivity index (χ0v) is 8.12. The zero-order valence-electron chi connectivity index (χ0n) is 8.12. The second-order valence-corrected chi connectivity index (χ2v) is 3.12. The molecule has 1 aromatic heterocycles. The van der Waals surface area contributed by atoms with Crippen LogP contribution < -0.4 is 5.36 Å². The molecule has 0 atom stereocenters. The van der Waals surface area contributed by atoms with E-state index in [1.54, 1.807) is 19.3 Å². The number of aromatic nitrogens is 1. The standard InChI is InChI=1S/C11H9FN2O/c1-13-11-7(6-15)5-14-10-3-2-8(12)4-9(10)11/h2-6H,1H3,(H,13,14). The van der Waals surface area contributed by atoms with E-state index in [2.05, 4.69) is 9.98 Å². The van der Waals surface area contributed by atoms with Crippen LogP contribution in [0.15, 0.2) is 29.4 Å². The summed E-state index contributed by atoms with van der Waals surface area (Å²) in [7, 11) is 1.58. The Hall–Kier alpha value is -1.97. The Morgan fingerprint density at radius 1 is 1.47 bits per heavy atom. The molecule has 0 spiro atoms. The fourth-order valence-electron chi connectivity index (χ4n) is 1.56. The first-order chi connectivity index (χ1) is 7.26. The van der Waals surface area contributed by atoms with Gasteiger partial charge < -0.3 is 4.98 Å². The third-order valence-electron chi connectivity index (χ3n) is 2.24. The van der Waals surface area contributed by atoms with Gasteiger partial charge in [0.15, 0.2) is 6.29 Å². The predicted octanol–water partition coefficient (Wildman–Crippen LogP) is 1.65. The highest BCUT2D eigenvalue weighted by Crippen LogP contribution is 2.09. The smallest absolute Gasteiger partial charge is 0.153 e. The number of hydrogen-bond acceptors (Lipinski definition) is 2. The van der Waals surface area contributed by atoms with Crippen molar-refractivity contribution >= 4 is 17.2 Å². The molecule has 0 aliphatic rings. The van der Waals surface area contributed by atoms with Gasteiger partial charge in [0.05, 0.1) is 10.9 Å². The number of benzene rings is 1. The molecular formula is C11H9FN2O. The number of hydrogen-bond donors (Lipinski definition) is 1. The average molecular weight is 204 g/mol. The Morgan fingerprint density at radius 2 is 2.27 bits per heavy atom. The number of H-pyrrole nitrogens is 1. The van der Waals surface area contributed by atoms with Crippen molar-refractivity contribution in [3.8, 4) is 0 Å². The molecule has 2 rings (SSSR count). The third kappa shape index (κ3) is 1.54. The lowest BCUT2D eigenvalue weighted by molar-refractivity contribution is 0.112. The molecule has 2 aromatic rings. The molecule has 4 heteroatoms. The summed E-state index contributed by atoms with van der Waals surface area (Å²) in [6, 6.07) is 4.34. The molecule has 15 heavy (non-hydrogen) atoms. The number of carbonyl (C=O) groups excluding carboxylic acids is 1. The van der Waals surface area contributed by atoms with Crippen LogP contribution in [0.1, 0.15) is 10.4 Å². The zero-order chi connectivity index (χ0) is 10.8. The third-order valence-corrected chi connectivity index (χ3v) is 2.24. The van der Waals surface area contributed by atoms with E-state index in [1.165, 1.54) is 12.1 Å². The maximum Gasteiger partial charge on any atom is 0.153 e. The van der Waals surface area contributed by atoms with Crippen molar-refractivity contribution in [1.82, 2.24) is 4.98 Å². The van der Waals surface area contributed by atoms with Crippen LogP contribution in [-0.4, -0.2) is 18.3 Å². The van der Waals surface area contributed by atoms with E-state index in [-0.39, 0.29) is 5.82 Å². The van der Waals surface area contributed by atoms with Crippen LogP contribution in [0.25, 0.3) is 10.9 Å². The summed E-state index contributed by atoms with van der Waals surface area (Å²) in [6.45, 7) is 0. The largest absolute Gasteiger partial charge is 0.360 e. The molecule has 0 bridgehead atoms. The number of aldehydes is 1. The number of nitrogens with one attached hydrogen (secondary N) is 1. The maximum absolute atomic E-state index is 13.0. The summed E-state index contributed by atoms with van der Waals surface area (Å²) in [5, 5.41) is 1.13. The normalized spacial score (nSPS) is 12.0. The molecule has 3 nitrogen and oxygen atoms in total. The highest BCUT2D eigenvalue weighted by atomic mass is 19.1. The monoisotopic (exact) mass is 204 g/mol. The fraction of sp³-hybridized carbons (Fsp3) is 0.0909. The molecule has 0 saturated carbocycles. The van der Waals surface area contributed by atoms with Crippen molar-refractivity contribution in [3.63, 3.8) is 0 Å². The van der Waals surface area contributed by atoms with Crippen molar-refractivity contribution in [1.29, 1.82) is 0 Å².